The van der Waals surface area contributed by atoms with E-state index in [-0.39, 0.29) is 5.82 Å². The minimum absolute atomic E-state index is 0.339. The average molecular weight is 292 g/mol. The van der Waals surface area contributed by atoms with Gasteiger partial charge in [0, 0.05) is 0 Å². The van der Waals surface area contributed by atoms with Crippen molar-refractivity contribution in [3.63, 3.8) is 0 Å². The number of hydrogen-bond acceptors (Lipinski definition) is 2. The summed E-state index contributed by atoms with van der Waals surface area (Å²) in [6.07, 6.45) is 0. The summed E-state index contributed by atoms with van der Waals surface area (Å²) in [5, 5.41) is 8.75. The number of halogens is 2. The van der Waals surface area contributed by atoms with E-state index in [1.807, 2.05) is 6.07 Å². The van der Waals surface area contributed by atoms with Gasteiger partial charge < -0.3 is 4.74 Å². The van der Waals surface area contributed by atoms with E-state index in [1.165, 1.54) is 18.2 Å². The molecule has 0 saturated heterocycles. The van der Waals surface area contributed by atoms with Gasteiger partial charge in [0.15, 0.2) is 0 Å². The Morgan fingerprint density at radius 1 is 1.12 bits per heavy atom. The van der Waals surface area contributed by atoms with Crippen LogP contribution in [0.25, 0.3) is 0 Å². The monoisotopic (exact) mass is 291 g/mol. The summed E-state index contributed by atoms with van der Waals surface area (Å²) in [5.41, 5.74) is 0.517. The van der Waals surface area contributed by atoms with Gasteiger partial charge in [0.2, 0.25) is 0 Å². The predicted molar refractivity (Wildman–Crippen MR) is 65.3 cm³/mol. The molecule has 0 aromatic heterocycles. The van der Waals surface area contributed by atoms with Crippen LogP contribution in [0, 0.1) is 17.1 Å². The van der Waals surface area contributed by atoms with Crippen molar-refractivity contribution in [1.82, 2.24) is 0 Å². The number of hydrogen-bond donors (Lipinski definition) is 0. The SMILES string of the molecule is N#Cc1cccc(Oc2ccc(F)c(Br)c2)c1. The Balaban J connectivity index is 2.25. The molecule has 0 aliphatic rings. The molecule has 17 heavy (non-hydrogen) atoms. The van der Waals surface area contributed by atoms with E-state index in [4.69, 9.17) is 10.00 Å². The fraction of sp³-hybridized carbons (Fsp3) is 0. The molecule has 0 aliphatic carbocycles. The lowest BCUT2D eigenvalue weighted by Gasteiger charge is -2.06. The van der Waals surface area contributed by atoms with Crippen LogP contribution in [0.5, 0.6) is 11.5 Å². The first kappa shape index (κ1) is 11.6. The second-order valence-corrected chi connectivity index (χ2v) is 4.17. The van der Waals surface area contributed by atoms with Gasteiger partial charge in [-0.05, 0) is 52.3 Å². The molecule has 0 atom stereocenters. The zero-order valence-corrected chi connectivity index (χ0v) is 10.2. The Bertz CT molecular complexity index is 592. The lowest BCUT2D eigenvalue weighted by atomic mass is 10.2. The molecule has 0 aliphatic heterocycles. The van der Waals surface area contributed by atoms with Crippen LogP contribution in [0.1, 0.15) is 5.56 Å². The highest BCUT2D eigenvalue weighted by Crippen LogP contribution is 2.26. The van der Waals surface area contributed by atoms with E-state index < -0.39 is 0 Å². The Labute approximate surface area is 106 Å². The zero-order valence-electron chi connectivity index (χ0n) is 8.65. The van der Waals surface area contributed by atoms with Crippen molar-refractivity contribution in [1.29, 1.82) is 5.26 Å². The summed E-state index contributed by atoms with van der Waals surface area (Å²) in [4.78, 5) is 0. The Hall–Kier alpha value is -1.86. The van der Waals surface area contributed by atoms with Crippen molar-refractivity contribution < 1.29 is 9.13 Å². The Morgan fingerprint density at radius 2 is 1.88 bits per heavy atom. The van der Waals surface area contributed by atoms with Gasteiger partial charge in [-0.1, -0.05) is 6.07 Å². The first-order valence-corrected chi connectivity index (χ1v) is 5.61. The predicted octanol–water partition coefficient (Wildman–Crippen LogP) is 4.25. The van der Waals surface area contributed by atoms with Crippen molar-refractivity contribution in [3.8, 4) is 17.6 Å². The van der Waals surface area contributed by atoms with Gasteiger partial charge in [-0.3, -0.25) is 0 Å². The standard InChI is InChI=1S/C13H7BrFNO/c14-12-7-11(4-5-13(12)15)17-10-3-1-2-9(6-10)8-16/h1-7H. The third-order valence-electron chi connectivity index (χ3n) is 2.09. The summed E-state index contributed by atoms with van der Waals surface area (Å²) in [5.74, 6) is 0.707. The van der Waals surface area contributed by atoms with E-state index in [0.29, 0.717) is 21.5 Å². The summed E-state index contributed by atoms with van der Waals surface area (Å²) in [6.45, 7) is 0. The van der Waals surface area contributed by atoms with Gasteiger partial charge in [0.1, 0.15) is 17.3 Å². The molecule has 84 valence electrons. The molecule has 2 aromatic carbocycles. The minimum atomic E-state index is -0.344. The molecule has 4 heteroatoms. The Morgan fingerprint density at radius 3 is 2.59 bits per heavy atom. The lowest BCUT2D eigenvalue weighted by Crippen LogP contribution is -1.86. The van der Waals surface area contributed by atoms with Crippen LogP contribution in [0.3, 0.4) is 0 Å². The largest absolute Gasteiger partial charge is 0.457 e. The molecule has 0 unspecified atom stereocenters. The maximum absolute atomic E-state index is 13.0. The molecule has 0 bridgehead atoms. The summed E-state index contributed by atoms with van der Waals surface area (Å²) < 4.78 is 18.9. The number of nitriles is 1. The molecule has 0 heterocycles. The van der Waals surface area contributed by atoms with Gasteiger partial charge in [-0.25, -0.2) is 4.39 Å². The summed E-state index contributed by atoms with van der Waals surface area (Å²) in [7, 11) is 0. The molecule has 2 rings (SSSR count). The van der Waals surface area contributed by atoms with E-state index in [0.717, 1.165) is 0 Å². The third-order valence-corrected chi connectivity index (χ3v) is 2.70. The van der Waals surface area contributed by atoms with Crippen LogP contribution in [-0.4, -0.2) is 0 Å². The zero-order chi connectivity index (χ0) is 12.3. The van der Waals surface area contributed by atoms with Crippen molar-refractivity contribution in [2.75, 3.05) is 0 Å². The molecule has 0 fully saturated rings. The fourth-order valence-corrected chi connectivity index (χ4v) is 1.66. The highest BCUT2D eigenvalue weighted by atomic mass is 79.9. The van der Waals surface area contributed by atoms with E-state index >= 15 is 0 Å². The van der Waals surface area contributed by atoms with Crippen molar-refractivity contribution in [3.05, 3.63) is 58.3 Å². The van der Waals surface area contributed by atoms with E-state index in [1.54, 1.807) is 24.3 Å². The van der Waals surface area contributed by atoms with Crippen LogP contribution in [0.15, 0.2) is 46.9 Å². The molecule has 2 nitrogen and oxygen atoms in total. The van der Waals surface area contributed by atoms with Crippen molar-refractivity contribution in [2.45, 2.75) is 0 Å². The van der Waals surface area contributed by atoms with Crippen LogP contribution in [-0.2, 0) is 0 Å². The summed E-state index contributed by atoms with van der Waals surface area (Å²) in [6, 6.07) is 13.2. The quantitative estimate of drug-likeness (QED) is 0.828. The molecule has 0 N–H and O–H groups in total. The average Bonchev–Trinajstić information content (AvgIpc) is 2.34. The maximum atomic E-state index is 13.0. The number of nitrogens with zero attached hydrogens (tertiary/aromatic N) is 1. The van der Waals surface area contributed by atoms with Crippen LogP contribution < -0.4 is 4.74 Å². The maximum Gasteiger partial charge on any atom is 0.137 e. The smallest absolute Gasteiger partial charge is 0.137 e. The van der Waals surface area contributed by atoms with Gasteiger partial charge in [0.05, 0.1) is 16.1 Å². The molecule has 0 saturated carbocycles. The van der Waals surface area contributed by atoms with Crippen LogP contribution in [0.4, 0.5) is 4.39 Å². The molecular weight excluding hydrogens is 285 g/mol. The second-order valence-electron chi connectivity index (χ2n) is 3.32. The van der Waals surface area contributed by atoms with Crippen LogP contribution >= 0.6 is 15.9 Å². The summed E-state index contributed by atoms with van der Waals surface area (Å²) >= 11 is 3.08. The molecule has 0 amide bonds. The highest BCUT2D eigenvalue weighted by molar-refractivity contribution is 9.10. The second kappa shape index (κ2) is 4.98. The van der Waals surface area contributed by atoms with Gasteiger partial charge in [-0.15, -0.1) is 0 Å². The molecule has 2 aromatic rings. The first-order chi connectivity index (χ1) is 8.19. The normalized spacial score (nSPS) is 9.71. The fourth-order valence-electron chi connectivity index (χ4n) is 1.31. The van der Waals surface area contributed by atoms with Crippen molar-refractivity contribution in [2.24, 2.45) is 0 Å². The highest BCUT2D eigenvalue weighted by Gasteiger charge is 2.03. The van der Waals surface area contributed by atoms with E-state index in [9.17, 15) is 4.39 Å². The number of benzene rings is 2. The molecular formula is C13H7BrFNO. The topological polar surface area (TPSA) is 33.0 Å². The molecule has 0 spiro atoms. The first-order valence-electron chi connectivity index (χ1n) is 4.82. The number of rotatable bonds is 2. The van der Waals surface area contributed by atoms with Crippen molar-refractivity contribution >= 4 is 15.9 Å². The minimum Gasteiger partial charge on any atom is -0.457 e. The third kappa shape index (κ3) is 2.83. The van der Waals surface area contributed by atoms with E-state index in [2.05, 4.69) is 15.9 Å². The molecule has 0 radical (unpaired) electrons. The van der Waals surface area contributed by atoms with Gasteiger partial charge >= 0.3 is 0 Å². The van der Waals surface area contributed by atoms with Gasteiger partial charge in [0.25, 0.3) is 0 Å². The number of ether oxygens (including phenoxy) is 1. The van der Waals surface area contributed by atoms with Gasteiger partial charge in [-0.2, -0.15) is 5.26 Å². The Kier molecular flexibility index (Phi) is 3.40. The lowest BCUT2D eigenvalue weighted by molar-refractivity contribution is 0.479. The van der Waals surface area contributed by atoms with Crippen LogP contribution in [0.2, 0.25) is 0 Å².